The predicted octanol–water partition coefficient (Wildman–Crippen LogP) is 4.77. The van der Waals surface area contributed by atoms with Crippen molar-refractivity contribution in [1.29, 1.82) is 0 Å². The molecule has 0 atom stereocenters. The molecule has 18 heavy (non-hydrogen) atoms. The van der Waals surface area contributed by atoms with Gasteiger partial charge in [0.05, 0.1) is 5.52 Å². The van der Waals surface area contributed by atoms with Crippen LogP contribution in [0.3, 0.4) is 0 Å². The molecule has 1 N–H and O–H groups in total. The van der Waals surface area contributed by atoms with Crippen molar-refractivity contribution in [2.75, 3.05) is 0 Å². The number of H-pyrrole nitrogens is 1. The summed E-state index contributed by atoms with van der Waals surface area (Å²) in [6.45, 7) is 0. The van der Waals surface area contributed by atoms with Gasteiger partial charge in [0.15, 0.2) is 0 Å². The Hall–Kier alpha value is -1.87. The number of nitrogens with one attached hydrogen (secondary N) is 1. The maximum Gasteiger partial charge on any atom is 0.148 e. The molecule has 0 aliphatic heterocycles. The van der Waals surface area contributed by atoms with Crippen molar-refractivity contribution in [3.8, 4) is 11.3 Å². The Kier molecular flexibility index (Phi) is 2.56. The number of aromatic nitrogens is 1. The molecule has 3 aromatic rings. The van der Waals surface area contributed by atoms with Crippen LogP contribution in [0.2, 0.25) is 5.02 Å². The zero-order chi connectivity index (χ0) is 12.7. The Balaban J connectivity index is 2.26. The SMILES string of the molecule is Fc1ccccc1-c1cc2cc(Cl)cc(F)c2[nH]1. The summed E-state index contributed by atoms with van der Waals surface area (Å²) >= 11 is 5.78. The third-order valence-electron chi connectivity index (χ3n) is 2.81. The van der Waals surface area contributed by atoms with Crippen molar-refractivity contribution in [2.45, 2.75) is 0 Å². The molecule has 0 saturated carbocycles. The summed E-state index contributed by atoms with van der Waals surface area (Å²) < 4.78 is 27.3. The van der Waals surface area contributed by atoms with E-state index in [0.717, 1.165) is 0 Å². The molecule has 1 heterocycles. The molecule has 1 aromatic heterocycles. The number of benzene rings is 2. The van der Waals surface area contributed by atoms with Gasteiger partial charge in [-0.2, -0.15) is 0 Å². The number of hydrogen-bond acceptors (Lipinski definition) is 0. The van der Waals surface area contributed by atoms with Crippen LogP contribution in [-0.4, -0.2) is 4.98 Å². The highest BCUT2D eigenvalue weighted by molar-refractivity contribution is 6.31. The predicted molar refractivity (Wildman–Crippen MR) is 68.7 cm³/mol. The summed E-state index contributed by atoms with van der Waals surface area (Å²) in [4.78, 5) is 2.87. The summed E-state index contributed by atoms with van der Waals surface area (Å²) in [7, 11) is 0. The second kappa shape index (κ2) is 4.10. The van der Waals surface area contributed by atoms with E-state index < -0.39 is 5.82 Å². The van der Waals surface area contributed by atoms with Crippen LogP contribution in [0.25, 0.3) is 22.2 Å². The lowest BCUT2D eigenvalue weighted by molar-refractivity contribution is 0.630. The number of halogens is 3. The van der Waals surface area contributed by atoms with Gasteiger partial charge in [-0.05, 0) is 30.3 Å². The first-order chi connectivity index (χ1) is 8.65. The number of rotatable bonds is 1. The maximum absolute atomic E-state index is 13.7. The van der Waals surface area contributed by atoms with E-state index in [9.17, 15) is 8.78 Å². The van der Waals surface area contributed by atoms with Gasteiger partial charge in [0.2, 0.25) is 0 Å². The van der Waals surface area contributed by atoms with Gasteiger partial charge in [0.1, 0.15) is 11.6 Å². The Bertz CT molecular complexity index is 734. The fourth-order valence-electron chi connectivity index (χ4n) is 1.99. The summed E-state index contributed by atoms with van der Waals surface area (Å²) in [6.07, 6.45) is 0. The smallest absolute Gasteiger partial charge is 0.148 e. The summed E-state index contributed by atoms with van der Waals surface area (Å²) in [6, 6.07) is 10.9. The first-order valence-corrected chi connectivity index (χ1v) is 5.75. The van der Waals surface area contributed by atoms with Gasteiger partial charge < -0.3 is 4.98 Å². The Morgan fingerprint density at radius 3 is 2.50 bits per heavy atom. The van der Waals surface area contributed by atoms with Crippen molar-refractivity contribution < 1.29 is 8.78 Å². The van der Waals surface area contributed by atoms with Crippen molar-refractivity contribution in [2.24, 2.45) is 0 Å². The van der Waals surface area contributed by atoms with Crippen LogP contribution >= 0.6 is 11.6 Å². The molecule has 0 unspecified atom stereocenters. The lowest BCUT2D eigenvalue weighted by atomic mass is 10.1. The molecule has 3 rings (SSSR count). The van der Waals surface area contributed by atoms with Gasteiger partial charge in [-0.3, -0.25) is 0 Å². The number of fused-ring (bicyclic) bond motifs is 1. The van der Waals surface area contributed by atoms with E-state index >= 15 is 0 Å². The molecule has 0 aliphatic rings. The third-order valence-corrected chi connectivity index (χ3v) is 3.03. The van der Waals surface area contributed by atoms with Crippen molar-refractivity contribution in [3.05, 3.63) is 59.1 Å². The first-order valence-electron chi connectivity index (χ1n) is 5.38. The molecule has 0 amide bonds. The zero-order valence-corrected chi connectivity index (χ0v) is 9.93. The van der Waals surface area contributed by atoms with E-state index in [1.807, 2.05) is 0 Å². The van der Waals surface area contributed by atoms with Gasteiger partial charge in [-0.15, -0.1) is 0 Å². The van der Waals surface area contributed by atoms with E-state index in [1.54, 1.807) is 30.3 Å². The fourth-order valence-corrected chi connectivity index (χ4v) is 2.20. The standard InChI is InChI=1S/C14H8ClF2N/c15-9-5-8-6-13(18-14(8)12(17)7-9)10-3-1-2-4-11(10)16/h1-7,18H. The van der Waals surface area contributed by atoms with Crippen LogP contribution in [0.15, 0.2) is 42.5 Å². The monoisotopic (exact) mass is 263 g/mol. The zero-order valence-electron chi connectivity index (χ0n) is 9.18. The van der Waals surface area contributed by atoms with E-state index in [2.05, 4.69) is 4.98 Å². The van der Waals surface area contributed by atoms with Crippen LogP contribution in [0.1, 0.15) is 0 Å². The second-order valence-corrected chi connectivity index (χ2v) is 4.45. The summed E-state index contributed by atoms with van der Waals surface area (Å²) in [5.74, 6) is -0.796. The average Bonchev–Trinajstić information content (AvgIpc) is 2.73. The molecule has 1 nitrogen and oxygen atoms in total. The first kappa shape index (κ1) is 11.2. The molecule has 0 fully saturated rings. The van der Waals surface area contributed by atoms with Crippen molar-refractivity contribution >= 4 is 22.5 Å². The van der Waals surface area contributed by atoms with Gasteiger partial charge in [0, 0.05) is 21.7 Å². The minimum absolute atomic E-state index is 0.319. The van der Waals surface area contributed by atoms with Gasteiger partial charge in [-0.25, -0.2) is 8.78 Å². The van der Waals surface area contributed by atoms with E-state index in [0.29, 0.717) is 27.2 Å². The third kappa shape index (κ3) is 1.77. The summed E-state index contributed by atoms with van der Waals surface area (Å²) in [5, 5.41) is 0.942. The number of hydrogen-bond donors (Lipinski definition) is 1. The average molecular weight is 264 g/mol. The molecule has 90 valence electrons. The van der Waals surface area contributed by atoms with E-state index in [4.69, 9.17) is 11.6 Å². The summed E-state index contributed by atoms with van der Waals surface area (Å²) in [5.41, 5.74) is 1.27. The second-order valence-electron chi connectivity index (χ2n) is 4.01. The van der Waals surface area contributed by atoms with Crippen LogP contribution in [0.5, 0.6) is 0 Å². The fraction of sp³-hybridized carbons (Fsp3) is 0. The van der Waals surface area contributed by atoms with Crippen LogP contribution < -0.4 is 0 Å². The highest BCUT2D eigenvalue weighted by Crippen LogP contribution is 2.29. The molecule has 4 heteroatoms. The van der Waals surface area contributed by atoms with Gasteiger partial charge >= 0.3 is 0 Å². The molecular weight excluding hydrogens is 256 g/mol. The van der Waals surface area contributed by atoms with Gasteiger partial charge in [-0.1, -0.05) is 23.7 Å². The Morgan fingerprint density at radius 2 is 1.72 bits per heavy atom. The molecule has 0 saturated heterocycles. The molecule has 0 aliphatic carbocycles. The minimum atomic E-state index is -0.444. The highest BCUT2D eigenvalue weighted by Gasteiger charge is 2.10. The van der Waals surface area contributed by atoms with E-state index in [1.165, 1.54) is 12.1 Å². The quantitative estimate of drug-likeness (QED) is 0.651. The number of aromatic amines is 1. The minimum Gasteiger partial charge on any atom is -0.352 e. The lowest BCUT2D eigenvalue weighted by Crippen LogP contribution is -1.83. The highest BCUT2D eigenvalue weighted by atomic mass is 35.5. The van der Waals surface area contributed by atoms with Crippen molar-refractivity contribution in [3.63, 3.8) is 0 Å². The van der Waals surface area contributed by atoms with Gasteiger partial charge in [0.25, 0.3) is 0 Å². The van der Waals surface area contributed by atoms with Crippen LogP contribution in [-0.2, 0) is 0 Å². The van der Waals surface area contributed by atoms with Crippen LogP contribution in [0.4, 0.5) is 8.78 Å². The Labute approximate surface area is 107 Å². The van der Waals surface area contributed by atoms with E-state index in [-0.39, 0.29) is 5.82 Å². The Morgan fingerprint density at radius 1 is 0.944 bits per heavy atom. The normalized spacial score (nSPS) is 11.1. The lowest BCUT2D eigenvalue weighted by Gasteiger charge is -1.98. The molecule has 0 bridgehead atoms. The topological polar surface area (TPSA) is 15.8 Å². The molecule has 2 aromatic carbocycles. The largest absolute Gasteiger partial charge is 0.352 e. The van der Waals surface area contributed by atoms with Crippen molar-refractivity contribution in [1.82, 2.24) is 4.98 Å². The van der Waals surface area contributed by atoms with Crippen LogP contribution in [0, 0.1) is 11.6 Å². The molecular formula is C14H8ClF2N. The molecule has 0 radical (unpaired) electrons. The molecule has 0 spiro atoms. The maximum atomic E-state index is 13.7.